The number of hydrogen-bond acceptors (Lipinski definition) is 3. The van der Waals surface area contributed by atoms with Gasteiger partial charge in [-0.2, -0.15) is 0 Å². The number of rotatable bonds is 4. The highest BCUT2D eigenvalue weighted by molar-refractivity contribution is 6.33. The van der Waals surface area contributed by atoms with Gasteiger partial charge in [0.1, 0.15) is 0 Å². The van der Waals surface area contributed by atoms with Gasteiger partial charge in [-0.3, -0.25) is 9.78 Å². The lowest BCUT2D eigenvalue weighted by Gasteiger charge is -2.23. The van der Waals surface area contributed by atoms with Gasteiger partial charge in [-0.1, -0.05) is 29.8 Å². The van der Waals surface area contributed by atoms with Gasteiger partial charge in [0.25, 0.3) is 5.91 Å². The zero-order valence-electron chi connectivity index (χ0n) is 16.0. The van der Waals surface area contributed by atoms with E-state index in [1.807, 2.05) is 25.3 Å². The first-order chi connectivity index (χ1) is 13.5. The number of aromatic nitrogens is 1. The number of benzene rings is 1. The number of aryl methyl sites for hydroxylation is 1. The number of carbonyl (C=O) groups excluding carboxylic acids is 2. The van der Waals surface area contributed by atoms with Gasteiger partial charge in [0.2, 0.25) is 0 Å². The summed E-state index contributed by atoms with van der Waals surface area (Å²) in [5.41, 5.74) is 2.58. The minimum Gasteiger partial charge on any atom is -0.338 e. The summed E-state index contributed by atoms with van der Waals surface area (Å²) in [7, 11) is 0. The van der Waals surface area contributed by atoms with E-state index < -0.39 is 0 Å². The molecular formula is C21H25ClN4O2. The Morgan fingerprint density at radius 3 is 2.57 bits per heavy atom. The molecule has 0 spiro atoms. The Morgan fingerprint density at radius 1 is 1.07 bits per heavy atom. The number of carbonyl (C=O) groups is 2. The zero-order valence-corrected chi connectivity index (χ0v) is 16.8. The summed E-state index contributed by atoms with van der Waals surface area (Å²) < 4.78 is 0. The van der Waals surface area contributed by atoms with Crippen molar-refractivity contribution in [2.45, 2.75) is 19.8 Å². The highest BCUT2D eigenvalue weighted by Crippen LogP contribution is 2.18. The van der Waals surface area contributed by atoms with Crippen molar-refractivity contribution in [1.29, 1.82) is 0 Å². The van der Waals surface area contributed by atoms with Crippen molar-refractivity contribution < 1.29 is 9.59 Å². The van der Waals surface area contributed by atoms with Crippen LogP contribution < -0.4 is 5.32 Å². The average molecular weight is 401 g/mol. The van der Waals surface area contributed by atoms with E-state index in [1.165, 1.54) is 0 Å². The highest BCUT2D eigenvalue weighted by Gasteiger charge is 2.23. The first kappa shape index (κ1) is 20.1. The molecule has 1 saturated heterocycles. The Bertz CT molecular complexity index is 825. The van der Waals surface area contributed by atoms with E-state index in [0.29, 0.717) is 43.3 Å². The molecule has 0 atom stereocenters. The fraction of sp³-hybridized carbons (Fsp3) is 0.381. The Kier molecular flexibility index (Phi) is 6.87. The van der Waals surface area contributed by atoms with Crippen LogP contribution in [0, 0.1) is 6.92 Å². The SMILES string of the molecule is Cc1ccc(CCNC(=O)N2CCCN(C(=O)c3ccccc3Cl)CC2)cn1. The second-order valence-electron chi connectivity index (χ2n) is 6.90. The minimum absolute atomic E-state index is 0.0836. The molecule has 2 heterocycles. The van der Waals surface area contributed by atoms with Crippen molar-refractivity contribution in [1.82, 2.24) is 20.1 Å². The van der Waals surface area contributed by atoms with Gasteiger partial charge < -0.3 is 15.1 Å². The largest absolute Gasteiger partial charge is 0.338 e. The van der Waals surface area contributed by atoms with Crippen LogP contribution in [0.3, 0.4) is 0 Å². The third kappa shape index (κ3) is 5.23. The molecule has 0 saturated carbocycles. The van der Waals surface area contributed by atoms with Crippen LogP contribution >= 0.6 is 11.6 Å². The van der Waals surface area contributed by atoms with Crippen LogP contribution in [-0.2, 0) is 6.42 Å². The van der Waals surface area contributed by atoms with E-state index in [0.717, 1.165) is 24.1 Å². The van der Waals surface area contributed by atoms with Crippen molar-refractivity contribution in [3.8, 4) is 0 Å². The van der Waals surface area contributed by atoms with E-state index >= 15 is 0 Å². The van der Waals surface area contributed by atoms with Crippen LogP contribution in [0.5, 0.6) is 0 Å². The Labute approximate surface area is 170 Å². The van der Waals surface area contributed by atoms with Gasteiger partial charge in [0.05, 0.1) is 10.6 Å². The number of amides is 3. The third-order valence-corrected chi connectivity index (χ3v) is 5.17. The van der Waals surface area contributed by atoms with Gasteiger partial charge in [0.15, 0.2) is 0 Å². The topological polar surface area (TPSA) is 65.5 Å². The lowest BCUT2D eigenvalue weighted by atomic mass is 10.2. The number of hydrogen-bond donors (Lipinski definition) is 1. The van der Waals surface area contributed by atoms with Gasteiger partial charge in [-0.15, -0.1) is 0 Å². The Balaban J connectivity index is 1.49. The molecule has 1 N–H and O–H groups in total. The lowest BCUT2D eigenvalue weighted by molar-refractivity contribution is 0.0762. The van der Waals surface area contributed by atoms with Crippen molar-refractivity contribution in [3.05, 3.63) is 64.4 Å². The molecule has 3 amide bonds. The number of nitrogens with zero attached hydrogens (tertiary/aromatic N) is 3. The quantitative estimate of drug-likeness (QED) is 0.857. The van der Waals surface area contributed by atoms with Crippen LogP contribution in [0.25, 0.3) is 0 Å². The minimum atomic E-state index is -0.0906. The van der Waals surface area contributed by atoms with Gasteiger partial charge in [0, 0.05) is 44.6 Å². The molecule has 1 aromatic carbocycles. The summed E-state index contributed by atoms with van der Waals surface area (Å²) in [6, 6.07) is 11.0. The summed E-state index contributed by atoms with van der Waals surface area (Å²) in [6.07, 6.45) is 3.32. The van der Waals surface area contributed by atoms with Crippen molar-refractivity contribution >= 4 is 23.5 Å². The van der Waals surface area contributed by atoms with Gasteiger partial charge in [-0.25, -0.2) is 4.79 Å². The van der Waals surface area contributed by atoms with Crippen molar-refractivity contribution in [3.63, 3.8) is 0 Å². The number of nitrogens with one attached hydrogen (secondary N) is 1. The Morgan fingerprint density at radius 2 is 1.82 bits per heavy atom. The monoisotopic (exact) mass is 400 g/mol. The third-order valence-electron chi connectivity index (χ3n) is 4.84. The predicted octanol–water partition coefficient (Wildman–Crippen LogP) is 3.14. The second-order valence-corrected chi connectivity index (χ2v) is 7.31. The summed E-state index contributed by atoms with van der Waals surface area (Å²) in [5, 5.41) is 3.42. The standard InChI is InChI=1S/C21H25ClN4O2/c1-16-7-8-17(15-24-16)9-10-23-21(28)26-12-4-11-25(13-14-26)20(27)18-5-2-3-6-19(18)22/h2-3,5-8,15H,4,9-14H2,1H3,(H,23,28). The molecule has 1 aliphatic rings. The van der Waals surface area contributed by atoms with Gasteiger partial charge in [-0.05, 0) is 43.5 Å². The molecule has 0 radical (unpaired) electrons. The summed E-state index contributed by atoms with van der Waals surface area (Å²) in [5.74, 6) is -0.0836. The molecular weight excluding hydrogens is 376 g/mol. The number of pyridine rings is 1. The Hall–Kier alpha value is -2.60. The maximum absolute atomic E-state index is 12.7. The molecule has 0 bridgehead atoms. The van der Waals surface area contributed by atoms with Crippen LogP contribution in [0.15, 0.2) is 42.6 Å². The van der Waals surface area contributed by atoms with E-state index in [2.05, 4.69) is 10.3 Å². The van der Waals surface area contributed by atoms with E-state index in [4.69, 9.17) is 11.6 Å². The first-order valence-electron chi connectivity index (χ1n) is 9.52. The molecule has 2 aromatic rings. The van der Waals surface area contributed by atoms with E-state index in [1.54, 1.807) is 34.1 Å². The summed E-state index contributed by atoms with van der Waals surface area (Å²) in [6.45, 7) is 4.76. The average Bonchev–Trinajstić information content (AvgIpc) is 2.96. The maximum atomic E-state index is 12.7. The van der Waals surface area contributed by atoms with E-state index in [-0.39, 0.29) is 11.9 Å². The van der Waals surface area contributed by atoms with Crippen LogP contribution in [0.1, 0.15) is 28.0 Å². The fourth-order valence-electron chi connectivity index (χ4n) is 3.20. The molecule has 28 heavy (non-hydrogen) atoms. The smallest absolute Gasteiger partial charge is 0.317 e. The molecule has 3 rings (SSSR count). The first-order valence-corrected chi connectivity index (χ1v) is 9.90. The highest BCUT2D eigenvalue weighted by atomic mass is 35.5. The van der Waals surface area contributed by atoms with E-state index in [9.17, 15) is 9.59 Å². The predicted molar refractivity (Wildman–Crippen MR) is 110 cm³/mol. The number of urea groups is 1. The van der Waals surface area contributed by atoms with Crippen molar-refractivity contribution in [2.24, 2.45) is 0 Å². The molecule has 1 aliphatic heterocycles. The molecule has 148 valence electrons. The van der Waals surface area contributed by atoms with Crippen LogP contribution in [0.2, 0.25) is 5.02 Å². The molecule has 7 heteroatoms. The number of halogens is 1. The van der Waals surface area contributed by atoms with Crippen molar-refractivity contribution in [2.75, 3.05) is 32.7 Å². The zero-order chi connectivity index (χ0) is 19.9. The molecule has 1 aromatic heterocycles. The molecule has 0 unspecified atom stereocenters. The molecule has 0 aliphatic carbocycles. The van der Waals surface area contributed by atoms with Gasteiger partial charge >= 0.3 is 6.03 Å². The van der Waals surface area contributed by atoms with Crippen LogP contribution in [-0.4, -0.2) is 59.4 Å². The van der Waals surface area contributed by atoms with Crippen LogP contribution in [0.4, 0.5) is 4.79 Å². The maximum Gasteiger partial charge on any atom is 0.317 e. The summed E-state index contributed by atoms with van der Waals surface area (Å²) in [4.78, 5) is 33.0. The molecule has 6 nitrogen and oxygen atoms in total. The second kappa shape index (κ2) is 9.55. The normalized spacial score (nSPS) is 14.5. The lowest BCUT2D eigenvalue weighted by Crippen LogP contribution is -2.43. The fourth-order valence-corrected chi connectivity index (χ4v) is 3.42. The molecule has 1 fully saturated rings. The summed E-state index contributed by atoms with van der Waals surface area (Å²) >= 11 is 6.15.